The number of hydrogen-bond acceptors (Lipinski definition) is 4. The maximum absolute atomic E-state index is 9.43. The lowest BCUT2D eigenvalue weighted by molar-refractivity contribution is 0.129. The van der Waals surface area contributed by atoms with Crippen LogP contribution in [0.2, 0.25) is 0 Å². The van der Waals surface area contributed by atoms with Gasteiger partial charge in [-0.25, -0.2) is 0 Å². The van der Waals surface area contributed by atoms with E-state index in [-0.39, 0.29) is 6.61 Å². The number of rotatable bonds is 7. The summed E-state index contributed by atoms with van der Waals surface area (Å²) in [5.41, 5.74) is 10.3. The first-order chi connectivity index (χ1) is 12.6. The average Bonchev–Trinajstić information content (AvgIpc) is 3.09. The molecule has 3 N–H and O–H groups in total. The number of nitrogens with zero attached hydrogens (tertiary/aromatic N) is 1. The Kier molecular flexibility index (Phi) is 6.20. The van der Waals surface area contributed by atoms with Gasteiger partial charge in [0.15, 0.2) is 0 Å². The highest BCUT2D eigenvalue weighted by Gasteiger charge is 2.35. The van der Waals surface area contributed by atoms with Crippen molar-refractivity contribution in [3.05, 3.63) is 71.3 Å². The van der Waals surface area contributed by atoms with E-state index in [4.69, 9.17) is 10.5 Å². The molecule has 26 heavy (non-hydrogen) atoms. The minimum atomic E-state index is -0.406. The molecule has 0 radical (unpaired) electrons. The highest BCUT2D eigenvalue weighted by molar-refractivity contribution is 5.98. The van der Waals surface area contributed by atoms with E-state index < -0.39 is 5.54 Å². The van der Waals surface area contributed by atoms with Gasteiger partial charge in [0.1, 0.15) is 6.73 Å². The van der Waals surface area contributed by atoms with Crippen LogP contribution in [0, 0.1) is 0 Å². The lowest BCUT2D eigenvalue weighted by Crippen LogP contribution is -2.40. The van der Waals surface area contributed by atoms with Crippen LogP contribution in [0.4, 0.5) is 0 Å². The Labute approximate surface area is 155 Å². The van der Waals surface area contributed by atoms with Gasteiger partial charge < -0.3 is 15.6 Å². The Bertz CT molecular complexity index is 728. The van der Waals surface area contributed by atoms with Gasteiger partial charge in [-0.1, -0.05) is 54.6 Å². The fraction of sp³-hybridized carbons (Fsp3) is 0.409. The first kappa shape index (κ1) is 18.8. The topological polar surface area (TPSA) is 67.8 Å². The standard InChI is InChI=1S/C22H28N2O2/c1-17(24-16-26-14-18-5-3-2-4-6-18)19-7-9-20(10-8-19)21-11-12-22(23,13-21)15-25/h2-10,21,25H,11-16,23H2,1H3/t21-,22-/m1/s1. The van der Waals surface area contributed by atoms with E-state index in [0.717, 1.165) is 36.1 Å². The number of aliphatic imine (C=N–C) groups is 1. The van der Waals surface area contributed by atoms with Crippen LogP contribution in [-0.2, 0) is 11.3 Å². The van der Waals surface area contributed by atoms with E-state index in [2.05, 4.69) is 29.3 Å². The van der Waals surface area contributed by atoms with Crippen LogP contribution in [0.25, 0.3) is 0 Å². The molecule has 0 saturated heterocycles. The molecule has 0 amide bonds. The van der Waals surface area contributed by atoms with Crippen molar-refractivity contribution in [2.24, 2.45) is 10.7 Å². The molecule has 4 nitrogen and oxygen atoms in total. The van der Waals surface area contributed by atoms with Crippen molar-refractivity contribution in [1.29, 1.82) is 0 Å². The number of ether oxygens (including phenoxy) is 1. The molecule has 0 aromatic heterocycles. The van der Waals surface area contributed by atoms with E-state index >= 15 is 0 Å². The molecule has 1 fully saturated rings. The molecule has 0 bridgehead atoms. The quantitative estimate of drug-likeness (QED) is 0.591. The summed E-state index contributed by atoms with van der Waals surface area (Å²) < 4.78 is 5.63. The van der Waals surface area contributed by atoms with Crippen LogP contribution in [0.1, 0.15) is 48.8 Å². The van der Waals surface area contributed by atoms with Crippen LogP contribution in [0.15, 0.2) is 59.6 Å². The van der Waals surface area contributed by atoms with E-state index in [1.807, 2.05) is 37.3 Å². The molecule has 138 valence electrons. The molecule has 0 aliphatic heterocycles. The molecule has 0 heterocycles. The van der Waals surface area contributed by atoms with Crippen LogP contribution in [0.3, 0.4) is 0 Å². The number of hydrogen-bond donors (Lipinski definition) is 2. The fourth-order valence-electron chi connectivity index (χ4n) is 3.55. The largest absolute Gasteiger partial charge is 0.394 e. The van der Waals surface area contributed by atoms with E-state index in [0.29, 0.717) is 19.3 Å². The lowest BCUT2D eigenvalue weighted by Gasteiger charge is -2.21. The molecule has 0 spiro atoms. The van der Waals surface area contributed by atoms with Crippen molar-refractivity contribution in [2.45, 2.75) is 44.2 Å². The van der Waals surface area contributed by atoms with Gasteiger partial charge in [-0.05, 0) is 48.8 Å². The van der Waals surface area contributed by atoms with E-state index in [1.54, 1.807) is 0 Å². The molecule has 2 aromatic carbocycles. The molecule has 2 atom stereocenters. The van der Waals surface area contributed by atoms with Gasteiger partial charge in [-0.2, -0.15) is 0 Å². The summed E-state index contributed by atoms with van der Waals surface area (Å²) in [5.74, 6) is 0.438. The molecule has 3 rings (SSSR count). The second-order valence-electron chi connectivity index (χ2n) is 7.29. The molecular weight excluding hydrogens is 324 g/mol. The molecule has 2 aromatic rings. The third-order valence-electron chi connectivity index (χ3n) is 5.26. The number of aliphatic hydroxyl groups is 1. The second-order valence-corrected chi connectivity index (χ2v) is 7.29. The van der Waals surface area contributed by atoms with Crippen LogP contribution < -0.4 is 5.73 Å². The van der Waals surface area contributed by atoms with Crippen molar-refractivity contribution >= 4 is 5.71 Å². The Hall–Kier alpha value is -2.01. The van der Waals surface area contributed by atoms with Gasteiger partial charge in [-0.15, -0.1) is 0 Å². The molecule has 4 heteroatoms. The summed E-state index contributed by atoms with van der Waals surface area (Å²) in [6.07, 6.45) is 2.77. The number of aliphatic hydroxyl groups excluding tert-OH is 1. The normalized spacial score (nSPS) is 23.3. The van der Waals surface area contributed by atoms with Crippen molar-refractivity contribution in [3.63, 3.8) is 0 Å². The summed E-state index contributed by atoms with van der Waals surface area (Å²) in [6.45, 7) is 3.00. The zero-order valence-electron chi connectivity index (χ0n) is 15.4. The van der Waals surface area contributed by atoms with Gasteiger partial charge in [0.2, 0.25) is 0 Å². The first-order valence-electron chi connectivity index (χ1n) is 9.22. The van der Waals surface area contributed by atoms with Gasteiger partial charge in [0, 0.05) is 11.3 Å². The van der Waals surface area contributed by atoms with E-state index in [9.17, 15) is 5.11 Å². The monoisotopic (exact) mass is 352 g/mol. The SMILES string of the molecule is CC(=NCOCc1ccccc1)c1ccc([C@@H]2CC[C@](N)(CO)C2)cc1. The summed E-state index contributed by atoms with van der Waals surface area (Å²) >= 11 is 0. The smallest absolute Gasteiger partial charge is 0.138 e. The van der Waals surface area contributed by atoms with Crippen LogP contribution in [0.5, 0.6) is 0 Å². The van der Waals surface area contributed by atoms with Crippen molar-refractivity contribution in [3.8, 4) is 0 Å². The van der Waals surface area contributed by atoms with Crippen molar-refractivity contribution < 1.29 is 9.84 Å². The average molecular weight is 352 g/mol. The highest BCUT2D eigenvalue weighted by Crippen LogP contribution is 2.39. The molecule has 1 saturated carbocycles. The molecule has 1 aliphatic carbocycles. The zero-order chi connectivity index (χ0) is 18.4. The van der Waals surface area contributed by atoms with E-state index in [1.165, 1.54) is 5.56 Å². The predicted molar refractivity (Wildman–Crippen MR) is 105 cm³/mol. The van der Waals surface area contributed by atoms with Crippen LogP contribution in [-0.4, -0.2) is 29.7 Å². The zero-order valence-corrected chi connectivity index (χ0v) is 15.4. The van der Waals surface area contributed by atoms with Gasteiger partial charge >= 0.3 is 0 Å². The van der Waals surface area contributed by atoms with Crippen molar-refractivity contribution in [1.82, 2.24) is 0 Å². The van der Waals surface area contributed by atoms with Gasteiger partial charge in [-0.3, -0.25) is 4.99 Å². The van der Waals surface area contributed by atoms with Crippen molar-refractivity contribution in [2.75, 3.05) is 13.3 Å². The summed E-state index contributed by atoms with van der Waals surface area (Å²) in [7, 11) is 0. The second kappa shape index (κ2) is 8.58. The Morgan fingerprint density at radius 1 is 1.19 bits per heavy atom. The Morgan fingerprint density at radius 2 is 1.92 bits per heavy atom. The first-order valence-corrected chi connectivity index (χ1v) is 9.22. The highest BCUT2D eigenvalue weighted by atomic mass is 16.5. The Balaban J connectivity index is 1.53. The minimum Gasteiger partial charge on any atom is -0.394 e. The minimum absolute atomic E-state index is 0.0658. The Morgan fingerprint density at radius 3 is 2.58 bits per heavy atom. The molecular formula is C22H28N2O2. The third kappa shape index (κ3) is 4.79. The predicted octanol–water partition coefficient (Wildman–Crippen LogP) is 3.63. The number of nitrogens with two attached hydrogens (primary N) is 1. The maximum atomic E-state index is 9.43. The lowest BCUT2D eigenvalue weighted by atomic mass is 9.93. The maximum Gasteiger partial charge on any atom is 0.138 e. The van der Waals surface area contributed by atoms with Gasteiger partial charge in [0.25, 0.3) is 0 Å². The number of benzene rings is 2. The van der Waals surface area contributed by atoms with Gasteiger partial charge in [0.05, 0.1) is 13.2 Å². The third-order valence-corrected chi connectivity index (χ3v) is 5.26. The molecule has 1 aliphatic rings. The van der Waals surface area contributed by atoms with Crippen LogP contribution >= 0.6 is 0 Å². The summed E-state index contributed by atoms with van der Waals surface area (Å²) in [5, 5.41) is 9.43. The summed E-state index contributed by atoms with van der Waals surface area (Å²) in [6, 6.07) is 18.7. The summed E-state index contributed by atoms with van der Waals surface area (Å²) in [4.78, 5) is 4.51. The molecule has 0 unspecified atom stereocenters. The fourth-order valence-corrected chi connectivity index (χ4v) is 3.55.